The van der Waals surface area contributed by atoms with Gasteiger partial charge in [-0.1, -0.05) is 17.4 Å². The third kappa shape index (κ3) is 2.67. The molecule has 6 heteroatoms. The van der Waals surface area contributed by atoms with Crippen LogP contribution in [-0.2, 0) is 14.3 Å². The standard InChI is InChI=1S/C14H16N2O3S/c1-8-3-4-10-11(7-8)20-14(15-10)16-13(17)12-9(2)18-5-6-19-12/h3-4,7,9,12H,5-6H2,1-2H3,(H,15,16,17)/t9-,12-/m0/s1. The minimum Gasteiger partial charge on any atom is -0.373 e. The van der Waals surface area contributed by atoms with Crippen LogP contribution in [0, 0.1) is 6.92 Å². The van der Waals surface area contributed by atoms with Crippen LogP contribution >= 0.6 is 11.3 Å². The van der Waals surface area contributed by atoms with Gasteiger partial charge in [-0.2, -0.15) is 0 Å². The molecular formula is C14H16N2O3S. The van der Waals surface area contributed by atoms with E-state index in [1.54, 1.807) is 0 Å². The molecule has 2 heterocycles. The maximum absolute atomic E-state index is 12.2. The van der Waals surface area contributed by atoms with Gasteiger partial charge in [0.05, 0.1) is 29.5 Å². The van der Waals surface area contributed by atoms with E-state index < -0.39 is 6.10 Å². The maximum Gasteiger partial charge on any atom is 0.257 e. The van der Waals surface area contributed by atoms with E-state index in [0.717, 1.165) is 10.2 Å². The summed E-state index contributed by atoms with van der Waals surface area (Å²) in [7, 11) is 0. The Morgan fingerprint density at radius 3 is 3.00 bits per heavy atom. The number of nitrogens with zero attached hydrogens (tertiary/aromatic N) is 1. The maximum atomic E-state index is 12.2. The quantitative estimate of drug-likeness (QED) is 0.923. The highest BCUT2D eigenvalue weighted by Crippen LogP contribution is 2.27. The van der Waals surface area contributed by atoms with Crippen molar-refractivity contribution in [2.24, 2.45) is 0 Å². The zero-order valence-corrected chi connectivity index (χ0v) is 12.2. The van der Waals surface area contributed by atoms with E-state index >= 15 is 0 Å². The van der Waals surface area contributed by atoms with Crippen LogP contribution in [0.5, 0.6) is 0 Å². The number of hydrogen-bond acceptors (Lipinski definition) is 5. The molecule has 5 nitrogen and oxygen atoms in total. The van der Waals surface area contributed by atoms with Gasteiger partial charge in [0.1, 0.15) is 0 Å². The van der Waals surface area contributed by atoms with Gasteiger partial charge in [0.25, 0.3) is 5.91 Å². The fourth-order valence-electron chi connectivity index (χ4n) is 2.18. The molecule has 1 aliphatic rings. The first-order valence-electron chi connectivity index (χ1n) is 6.55. The lowest BCUT2D eigenvalue weighted by atomic mass is 10.2. The van der Waals surface area contributed by atoms with Crippen LogP contribution in [0.1, 0.15) is 12.5 Å². The lowest BCUT2D eigenvalue weighted by molar-refractivity contribution is -0.157. The van der Waals surface area contributed by atoms with Gasteiger partial charge in [0.15, 0.2) is 11.2 Å². The van der Waals surface area contributed by atoms with E-state index in [4.69, 9.17) is 9.47 Å². The van der Waals surface area contributed by atoms with Gasteiger partial charge in [0.2, 0.25) is 0 Å². The summed E-state index contributed by atoms with van der Waals surface area (Å²) < 4.78 is 11.9. The Bertz CT molecular complexity index is 640. The van der Waals surface area contributed by atoms with Crippen molar-refractivity contribution < 1.29 is 14.3 Å². The summed E-state index contributed by atoms with van der Waals surface area (Å²) in [4.78, 5) is 16.6. The van der Waals surface area contributed by atoms with Crippen molar-refractivity contribution in [1.82, 2.24) is 4.98 Å². The summed E-state index contributed by atoms with van der Waals surface area (Å²) in [5.41, 5.74) is 2.07. The van der Waals surface area contributed by atoms with Crippen LogP contribution < -0.4 is 5.32 Å². The third-order valence-corrected chi connectivity index (χ3v) is 4.15. The van der Waals surface area contributed by atoms with E-state index in [2.05, 4.69) is 16.4 Å². The van der Waals surface area contributed by atoms with Crippen LogP contribution in [0.2, 0.25) is 0 Å². The summed E-state index contributed by atoms with van der Waals surface area (Å²) in [5.74, 6) is -0.201. The molecule has 0 saturated carbocycles. The predicted octanol–water partition coefficient (Wildman–Crippen LogP) is 2.35. The number of hydrogen-bond donors (Lipinski definition) is 1. The molecule has 2 atom stereocenters. The van der Waals surface area contributed by atoms with E-state index in [-0.39, 0.29) is 12.0 Å². The van der Waals surface area contributed by atoms with E-state index in [0.29, 0.717) is 18.3 Å². The zero-order chi connectivity index (χ0) is 14.1. The molecule has 106 valence electrons. The molecule has 1 saturated heterocycles. The molecule has 20 heavy (non-hydrogen) atoms. The second-order valence-electron chi connectivity index (χ2n) is 4.85. The Morgan fingerprint density at radius 1 is 1.40 bits per heavy atom. The molecular weight excluding hydrogens is 276 g/mol. The van der Waals surface area contributed by atoms with E-state index in [1.807, 2.05) is 26.0 Å². The molecule has 0 radical (unpaired) electrons. The molecule has 1 fully saturated rings. The van der Waals surface area contributed by atoms with Crippen LogP contribution in [0.4, 0.5) is 5.13 Å². The van der Waals surface area contributed by atoms with Crippen LogP contribution in [0.15, 0.2) is 18.2 Å². The van der Waals surface area contributed by atoms with Crippen LogP contribution in [0.25, 0.3) is 10.2 Å². The number of rotatable bonds is 2. The van der Waals surface area contributed by atoms with Gasteiger partial charge >= 0.3 is 0 Å². The van der Waals surface area contributed by atoms with Crippen molar-refractivity contribution in [2.45, 2.75) is 26.1 Å². The highest BCUT2D eigenvalue weighted by atomic mass is 32.1. The molecule has 0 unspecified atom stereocenters. The number of nitrogens with one attached hydrogen (secondary N) is 1. The molecule has 0 spiro atoms. The molecule has 1 aromatic carbocycles. The molecule has 1 amide bonds. The Labute approximate surface area is 120 Å². The second kappa shape index (κ2) is 5.47. The lowest BCUT2D eigenvalue weighted by Crippen LogP contribution is -2.44. The molecule has 1 aromatic heterocycles. The van der Waals surface area contributed by atoms with Crippen LogP contribution in [0.3, 0.4) is 0 Å². The fourth-order valence-corrected chi connectivity index (χ4v) is 3.15. The molecule has 0 bridgehead atoms. The van der Waals surface area contributed by atoms with E-state index in [1.165, 1.54) is 16.9 Å². The number of aromatic nitrogens is 1. The van der Waals surface area contributed by atoms with Crippen molar-refractivity contribution in [1.29, 1.82) is 0 Å². The molecule has 1 aliphatic heterocycles. The number of anilines is 1. The zero-order valence-electron chi connectivity index (χ0n) is 11.4. The first kappa shape index (κ1) is 13.5. The number of amides is 1. The molecule has 0 aliphatic carbocycles. The van der Waals surface area contributed by atoms with Gasteiger partial charge in [-0.05, 0) is 31.5 Å². The number of carbonyl (C=O) groups excluding carboxylic acids is 1. The van der Waals surface area contributed by atoms with Gasteiger partial charge in [-0.3, -0.25) is 10.1 Å². The predicted molar refractivity (Wildman–Crippen MR) is 78.1 cm³/mol. The van der Waals surface area contributed by atoms with Crippen molar-refractivity contribution in [3.63, 3.8) is 0 Å². The van der Waals surface area contributed by atoms with Gasteiger partial charge < -0.3 is 9.47 Å². The average Bonchev–Trinajstić information content (AvgIpc) is 2.80. The lowest BCUT2D eigenvalue weighted by Gasteiger charge is -2.27. The Kier molecular flexibility index (Phi) is 3.69. The first-order valence-corrected chi connectivity index (χ1v) is 7.36. The Morgan fingerprint density at radius 2 is 2.20 bits per heavy atom. The highest BCUT2D eigenvalue weighted by Gasteiger charge is 2.30. The monoisotopic (exact) mass is 292 g/mol. The SMILES string of the molecule is Cc1ccc2nc(NC(=O)[C@H]3OCCO[C@H]3C)sc2c1. The summed E-state index contributed by atoms with van der Waals surface area (Å²) in [6.45, 7) is 4.85. The van der Waals surface area contributed by atoms with Gasteiger partial charge in [0, 0.05) is 0 Å². The minimum atomic E-state index is -0.572. The second-order valence-corrected chi connectivity index (χ2v) is 5.88. The summed E-state index contributed by atoms with van der Waals surface area (Å²) in [6, 6.07) is 6.03. The molecule has 3 rings (SSSR count). The largest absolute Gasteiger partial charge is 0.373 e. The normalized spacial score (nSPS) is 22.9. The number of benzene rings is 1. The number of carbonyl (C=O) groups is 1. The Balaban J connectivity index is 1.76. The highest BCUT2D eigenvalue weighted by molar-refractivity contribution is 7.22. The van der Waals surface area contributed by atoms with Crippen molar-refractivity contribution in [3.05, 3.63) is 23.8 Å². The number of fused-ring (bicyclic) bond motifs is 1. The van der Waals surface area contributed by atoms with E-state index in [9.17, 15) is 4.79 Å². The van der Waals surface area contributed by atoms with Crippen molar-refractivity contribution in [3.8, 4) is 0 Å². The molecule has 1 N–H and O–H groups in total. The smallest absolute Gasteiger partial charge is 0.257 e. The minimum absolute atomic E-state index is 0.201. The number of ether oxygens (including phenoxy) is 2. The third-order valence-electron chi connectivity index (χ3n) is 3.22. The fraction of sp³-hybridized carbons (Fsp3) is 0.429. The average molecular weight is 292 g/mol. The van der Waals surface area contributed by atoms with Crippen molar-refractivity contribution in [2.75, 3.05) is 18.5 Å². The van der Waals surface area contributed by atoms with Crippen LogP contribution in [-0.4, -0.2) is 36.3 Å². The van der Waals surface area contributed by atoms with Crippen molar-refractivity contribution >= 4 is 32.6 Å². The summed E-state index contributed by atoms with van der Waals surface area (Å²) >= 11 is 1.47. The van der Waals surface area contributed by atoms with Gasteiger partial charge in [-0.25, -0.2) is 4.98 Å². The number of aryl methyl sites for hydroxylation is 1. The summed E-state index contributed by atoms with van der Waals surface area (Å²) in [6.07, 6.45) is -0.808. The topological polar surface area (TPSA) is 60.5 Å². The number of thiazole rings is 1. The Hall–Kier alpha value is -1.50. The summed E-state index contributed by atoms with van der Waals surface area (Å²) in [5, 5.41) is 3.41. The van der Waals surface area contributed by atoms with Gasteiger partial charge in [-0.15, -0.1) is 0 Å². The molecule has 2 aromatic rings. The first-order chi connectivity index (χ1) is 9.63.